The quantitative estimate of drug-likeness (QED) is 0.771. The Hall–Kier alpha value is -2.35. The highest BCUT2D eigenvalue weighted by Crippen LogP contribution is 2.43. The van der Waals surface area contributed by atoms with Gasteiger partial charge in [-0.1, -0.05) is 64.1 Å². The van der Waals surface area contributed by atoms with E-state index < -0.39 is 0 Å². The van der Waals surface area contributed by atoms with Crippen LogP contribution in [0.3, 0.4) is 0 Å². The lowest BCUT2D eigenvalue weighted by molar-refractivity contribution is -0.114. The molecule has 3 rings (SSSR count). The second kappa shape index (κ2) is 6.12. The molecule has 2 N–H and O–H groups in total. The van der Waals surface area contributed by atoms with Gasteiger partial charge in [0.1, 0.15) is 0 Å². The van der Waals surface area contributed by atoms with Gasteiger partial charge in [0.05, 0.1) is 0 Å². The molecule has 2 aliphatic carbocycles. The number of carbonyl (C=O) groups excluding carboxylic acids is 1. The van der Waals surface area contributed by atoms with Gasteiger partial charge in [0, 0.05) is 5.57 Å². The smallest absolute Gasteiger partial charge is 0.249 e. The Balaban J connectivity index is 2.33. The van der Waals surface area contributed by atoms with Crippen molar-refractivity contribution in [3.63, 3.8) is 0 Å². The topological polar surface area (TPSA) is 43.1 Å². The zero-order valence-corrected chi connectivity index (χ0v) is 16.8. The van der Waals surface area contributed by atoms with Gasteiger partial charge in [-0.3, -0.25) is 4.79 Å². The molecular weight excluding hydrogens is 318 g/mol. The Labute approximate surface area is 157 Å². The molecule has 0 bridgehead atoms. The van der Waals surface area contributed by atoms with Crippen LogP contribution >= 0.6 is 0 Å². The van der Waals surface area contributed by atoms with E-state index in [0.29, 0.717) is 5.57 Å². The molecule has 1 unspecified atom stereocenters. The van der Waals surface area contributed by atoms with E-state index in [1.54, 1.807) is 0 Å². The molecule has 0 heterocycles. The molecule has 0 saturated heterocycles. The second-order valence-electron chi connectivity index (χ2n) is 8.77. The highest BCUT2D eigenvalue weighted by molar-refractivity contribution is 6.11. The van der Waals surface area contributed by atoms with Crippen molar-refractivity contribution in [2.45, 2.75) is 53.4 Å². The van der Waals surface area contributed by atoms with Crippen molar-refractivity contribution >= 4 is 17.6 Å². The SMILES string of the molecule is C=C1C(C)=C(c2cc(C(C)(C)C)cc3c2CC(C)=C3)C(C(N)=O)=CC1C. The number of rotatable bonds is 2. The first-order valence-electron chi connectivity index (χ1n) is 9.27. The monoisotopic (exact) mass is 347 g/mol. The molecule has 1 amide bonds. The number of hydrogen-bond donors (Lipinski definition) is 1. The van der Waals surface area contributed by atoms with Crippen LogP contribution < -0.4 is 5.73 Å². The van der Waals surface area contributed by atoms with E-state index in [9.17, 15) is 4.79 Å². The highest BCUT2D eigenvalue weighted by Gasteiger charge is 2.29. The molecule has 2 aliphatic rings. The average Bonchev–Trinajstić information content (AvgIpc) is 2.91. The third-order valence-corrected chi connectivity index (χ3v) is 5.64. The van der Waals surface area contributed by atoms with Gasteiger partial charge >= 0.3 is 0 Å². The molecule has 0 saturated carbocycles. The number of primary amides is 1. The van der Waals surface area contributed by atoms with Crippen molar-refractivity contribution in [3.8, 4) is 0 Å². The van der Waals surface area contributed by atoms with Crippen LogP contribution in [0.15, 0.2) is 47.1 Å². The molecule has 0 fully saturated rings. The van der Waals surface area contributed by atoms with Crippen molar-refractivity contribution in [2.24, 2.45) is 11.7 Å². The zero-order valence-electron chi connectivity index (χ0n) is 16.8. The predicted molar refractivity (Wildman–Crippen MR) is 111 cm³/mol. The number of benzene rings is 1. The number of hydrogen-bond acceptors (Lipinski definition) is 1. The maximum Gasteiger partial charge on any atom is 0.249 e. The standard InChI is InChI=1S/C24H29NO/c1-13-8-17-11-18(24(5,6)7)12-20(19(17)9-13)22-16(4)15(3)14(2)10-21(22)23(25)26/h8,10-12,14H,3,9H2,1-2,4-7H3,(H2,25,26). The summed E-state index contributed by atoms with van der Waals surface area (Å²) in [6.07, 6.45) is 5.15. The van der Waals surface area contributed by atoms with Crippen molar-refractivity contribution in [1.82, 2.24) is 0 Å². The second-order valence-corrected chi connectivity index (χ2v) is 8.77. The molecule has 1 atom stereocenters. The predicted octanol–water partition coefficient (Wildman–Crippen LogP) is 5.33. The lowest BCUT2D eigenvalue weighted by atomic mass is 9.76. The Morgan fingerprint density at radius 3 is 2.46 bits per heavy atom. The fraction of sp³-hybridized carbons (Fsp3) is 0.375. The Bertz CT molecular complexity index is 916. The Kier molecular flexibility index (Phi) is 4.34. The Morgan fingerprint density at radius 1 is 1.23 bits per heavy atom. The van der Waals surface area contributed by atoms with Gasteiger partial charge in [-0.25, -0.2) is 0 Å². The van der Waals surface area contributed by atoms with E-state index in [1.165, 1.54) is 22.3 Å². The number of nitrogens with two attached hydrogens (primary N) is 1. The van der Waals surface area contributed by atoms with Gasteiger partial charge in [-0.15, -0.1) is 0 Å². The summed E-state index contributed by atoms with van der Waals surface area (Å²) in [5.74, 6) is -0.240. The van der Waals surface area contributed by atoms with Crippen LogP contribution in [0.2, 0.25) is 0 Å². The van der Waals surface area contributed by atoms with Crippen LogP contribution in [0, 0.1) is 5.92 Å². The largest absolute Gasteiger partial charge is 0.366 e. The van der Waals surface area contributed by atoms with E-state index in [0.717, 1.165) is 28.7 Å². The molecule has 0 aliphatic heterocycles. The van der Waals surface area contributed by atoms with E-state index in [1.807, 2.05) is 6.08 Å². The first-order chi connectivity index (χ1) is 12.0. The summed E-state index contributed by atoms with van der Waals surface area (Å²) in [7, 11) is 0. The summed E-state index contributed by atoms with van der Waals surface area (Å²) in [5.41, 5.74) is 15.8. The lowest BCUT2D eigenvalue weighted by Crippen LogP contribution is -2.21. The van der Waals surface area contributed by atoms with Gasteiger partial charge < -0.3 is 5.73 Å². The van der Waals surface area contributed by atoms with E-state index >= 15 is 0 Å². The highest BCUT2D eigenvalue weighted by atomic mass is 16.1. The van der Waals surface area contributed by atoms with Crippen LogP contribution in [0.4, 0.5) is 0 Å². The van der Waals surface area contributed by atoms with Crippen molar-refractivity contribution in [1.29, 1.82) is 0 Å². The van der Waals surface area contributed by atoms with Crippen molar-refractivity contribution < 1.29 is 4.79 Å². The van der Waals surface area contributed by atoms with Crippen LogP contribution in [-0.4, -0.2) is 5.91 Å². The maximum atomic E-state index is 12.3. The number of allylic oxidation sites excluding steroid dienone is 4. The van der Waals surface area contributed by atoms with Gasteiger partial charge in [0.25, 0.3) is 0 Å². The molecule has 0 radical (unpaired) electrons. The Morgan fingerprint density at radius 2 is 1.88 bits per heavy atom. The molecule has 0 aromatic heterocycles. The summed E-state index contributed by atoms with van der Waals surface area (Å²) in [6, 6.07) is 4.54. The van der Waals surface area contributed by atoms with Crippen LogP contribution in [0.1, 0.15) is 63.8 Å². The first-order valence-corrected chi connectivity index (χ1v) is 9.27. The van der Waals surface area contributed by atoms with E-state index in [-0.39, 0.29) is 17.2 Å². The molecule has 2 heteroatoms. The summed E-state index contributed by atoms with van der Waals surface area (Å²) < 4.78 is 0. The van der Waals surface area contributed by atoms with Crippen LogP contribution in [0.5, 0.6) is 0 Å². The molecule has 136 valence electrons. The molecule has 1 aromatic rings. The van der Waals surface area contributed by atoms with E-state index in [4.69, 9.17) is 5.73 Å². The normalized spacial score (nSPS) is 20.1. The molecule has 0 spiro atoms. The summed E-state index contributed by atoms with van der Waals surface area (Å²) in [6.45, 7) is 17.2. The van der Waals surface area contributed by atoms with Gasteiger partial charge in [0.15, 0.2) is 0 Å². The minimum atomic E-state index is -0.365. The average molecular weight is 348 g/mol. The summed E-state index contributed by atoms with van der Waals surface area (Å²) >= 11 is 0. The lowest BCUT2D eigenvalue weighted by Gasteiger charge is -2.28. The third kappa shape index (κ3) is 2.98. The molecule has 26 heavy (non-hydrogen) atoms. The molecule has 2 nitrogen and oxygen atoms in total. The number of carbonyl (C=O) groups is 1. The maximum absolute atomic E-state index is 12.3. The number of fused-ring (bicyclic) bond motifs is 1. The van der Waals surface area contributed by atoms with Crippen molar-refractivity contribution in [2.75, 3.05) is 0 Å². The fourth-order valence-electron chi connectivity index (χ4n) is 3.96. The van der Waals surface area contributed by atoms with Gasteiger partial charge in [0.2, 0.25) is 5.91 Å². The van der Waals surface area contributed by atoms with Crippen molar-refractivity contribution in [3.05, 3.63) is 69.3 Å². The number of amides is 1. The first kappa shape index (κ1) is 18.4. The summed E-state index contributed by atoms with van der Waals surface area (Å²) in [4.78, 5) is 12.3. The fourth-order valence-corrected chi connectivity index (χ4v) is 3.96. The van der Waals surface area contributed by atoms with Gasteiger partial charge in [-0.2, -0.15) is 0 Å². The minimum Gasteiger partial charge on any atom is -0.366 e. The third-order valence-electron chi connectivity index (χ3n) is 5.64. The zero-order chi connectivity index (χ0) is 19.4. The molecular formula is C24H29NO. The molecule has 1 aromatic carbocycles. The van der Waals surface area contributed by atoms with E-state index in [2.05, 4.69) is 66.3 Å². The van der Waals surface area contributed by atoms with Crippen LogP contribution in [-0.2, 0) is 16.6 Å². The minimum absolute atomic E-state index is 0.0259. The van der Waals surface area contributed by atoms with Gasteiger partial charge in [-0.05, 0) is 70.6 Å². The van der Waals surface area contributed by atoms with Crippen LogP contribution in [0.25, 0.3) is 11.6 Å². The summed E-state index contributed by atoms with van der Waals surface area (Å²) in [5, 5.41) is 0.